The Hall–Kier alpha value is -0.520. The summed E-state index contributed by atoms with van der Waals surface area (Å²) in [6.07, 6.45) is 0. The van der Waals surface area contributed by atoms with Gasteiger partial charge in [0.15, 0.2) is 0 Å². The van der Waals surface area contributed by atoms with Gasteiger partial charge in [-0.15, -0.1) is 12.4 Å². The zero-order valence-corrected chi connectivity index (χ0v) is 13.8. The van der Waals surface area contributed by atoms with Crippen molar-refractivity contribution >= 4 is 40.6 Å². The van der Waals surface area contributed by atoms with Crippen LogP contribution in [0.5, 0.6) is 0 Å². The molecule has 2 aromatic carbocycles. The van der Waals surface area contributed by atoms with Crippen LogP contribution in [0.15, 0.2) is 54.6 Å². The van der Waals surface area contributed by atoms with Crippen molar-refractivity contribution in [3.63, 3.8) is 0 Å². The normalized spacial score (nSPS) is 10.2. The van der Waals surface area contributed by atoms with Crippen LogP contribution in [0.1, 0.15) is 5.56 Å². The van der Waals surface area contributed by atoms with Crippen LogP contribution in [0.2, 0.25) is 0 Å². The van der Waals surface area contributed by atoms with E-state index >= 15 is 0 Å². The van der Waals surface area contributed by atoms with Gasteiger partial charge in [0.2, 0.25) is 0 Å². The maximum absolute atomic E-state index is 2.29. The number of halogens is 1. The Kier molecular flexibility index (Phi) is 6.74. The standard InChI is InChI=1S/C15H17NTe.ClH/c1-16(2)12-13-8-6-7-11-15(13)17-14-9-4-3-5-10-14;/h3-11H,12H2,1-2H3;1H. The van der Waals surface area contributed by atoms with Gasteiger partial charge in [0.1, 0.15) is 0 Å². The zero-order chi connectivity index (χ0) is 12.1. The molecule has 3 heteroatoms. The fraction of sp³-hybridized carbons (Fsp3) is 0.200. The van der Waals surface area contributed by atoms with Crippen molar-refractivity contribution in [3.05, 3.63) is 60.2 Å². The van der Waals surface area contributed by atoms with Crippen molar-refractivity contribution in [3.8, 4) is 0 Å². The van der Waals surface area contributed by atoms with Crippen LogP contribution in [-0.4, -0.2) is 39.9 Å². The number of nitrogens with zero attached hydrogens (tertiary/aromatic N) is 1. The Morgan fingerprint density at radius 3 is 2.17 bits per heavy atom. The van der Waals surface area contributed by atoms with E-state index in [1.807, 2.05) is 0 Å². The third-order valence-corrected chi connectivity index (χ3v) is 5.64. The van der Waals surface area contributed by atoms with Gasteiger partial charge in [0.25, 0.3) is 0 Å². The fourth-order valence-corrected chi connectivity index (χ4v) is 4.42. The van der Waals surface area contributed by atoms with Crippen LogP contribution in [0, 0.1) is 0 Å². The summed E-state index contributed by atoms with van der Waals surface area (Å²) in [5.74, 6) is 0. The van der Waals surface area contributed by atoms with Crippen molar-refractivity contribution in [2.75, 3.05) is 14.1 Å². The monoisotopic (exact) mass is 377 g/mol. The molecule has 0 bridgehead atoms. The van der Waals surface area contributed by atoms with E-state index in [-0.39, 0.29) is 33.3 Å². The topological polar surface area (TPSA) is 3.24 Å². The molecule has 0 N–H and O–H groups in total. The summed E-state index contributed by atoms with van der Waals surface area (Å²) in [5.41, 5.74) is 1.48. The molecule has 0 spiro atoms. The van der Waals surface area contributed by atoms with E-state index in [0.717, 1.165) is 6.54 Å². The Morgan fingerprint density at radius 1 is 0.889 bits per heavy atom. The Balaban J connectivity index is 0.00000162. The van der Waals surface area contributed by atoms with Gasteiger partial charge < -0.3 is 0 Å². The molecule has 0 aromatic heterocycles. The first-order valence-corrected chi connectivity index (χ1v) is 8.04. The minimum absolute atomic E-state index is 0. The van der Waals surface area contributed by atoms with E-state index in [2.05, 4.69) is 73.6 Å². The van der Waals surface area contributed by atoms with E-state index in [0.29, 0.717) is 0 Å². The average Bonchev–Trinajstić information content (AvgIpc) is 2.32. The predicted molar refractivity (Wildman–Crippen MR) is 82.5 cm³/mol. The summed E-state index contributed by atoms with van der Waals surface area (Å²) in [4.78, 5) is 2.23. The smallest absolute Gasteiger partial charge is 0.147 e. The molecule has 0 heterocycles. The first-order valence-electron chi connectivity index (χ1n) is 5.71. The largest absolute Gasteiger partial charge is 0.147 e. The summed E-state index contributed by atoms with van der Waals surface area (Å²) < 4.78 is 3.06. The molecule has 0 saturated carbocycles. The van der Waals surface area contributed by atoms with Gasteiger partial charge in [-0.3, -0.25) is 0 Å². The molecule has 0 atom stereocenters. The second-order valence-corrected chi connectivity index (χ2v) is 7.44. The maximum atomic E-state index is 2.29. The van der Waals surface area contributed by atoms with Crippen LogP contribution < -0.4 is 7.22 Å². The van der Waals surface area contributed by atoms with Gasteiger partial charge in [-0.05, 0) is 0 Å². The first-order chi connectivity index (χ1) is 8.25. The molecule has 0 aliphatic rings. The molecular weight excluding hydrogens is 357 g/mol. The van der Waals surface area contributed by atoms with E-state index in [1.165, 1.54) is 9.17 Å². The fourth-order valence-electron chi connectivity index (χ4n) is 1.69. The second-order valence-electron chi connectivity index (χ2n) is 4.26. The Bertz CT molecular complexity index is 471. The van der Waals surface area contributed by atoms with E-state index < -0.39 is 0 Å². The van der Waals surface area contributed by atoms with Gasteiger partial charge in [-0.1, -0.05) is 0 Å². The first kappa shape index (κ1) is 15.5. The maximum Gasteiger partial charge on any atom is -0.147 e. The number of hydrogen-bond acceptors (Lipinski definition) is 1. The molecule has 0 radical (unpaired) electrons. The molecule has 2 aromatic rings. The summed E-state index contributed by atoms with van der Waals surface area (Å²) in [7, 11) is 4.25. The third-order valence-electron chi connectivity index (χ3n) is 2.43. The van der Waals surface area contributed by atoms with Gasteiger partial charge >= 0.3 is 114 Å². The second kappa shape index (κ2) is 7.81. The number of benzene rings is 2. The van der Waals surface area contributed by atoms with E-state index in [1.54, 1.807) is 3.61 Å². The van der Waals surface area contributed by atoms with Crippen LogP contribution in [0.4, 0.5) is 0 Å². The molecule has 0 aliphatic carbocycles. The quantitative estimate of drug-likeness (QED) is 0.737. The zero-order valence-electron chi connectivity index (χ0n) is 10.7. The summed E-state index contributed by atoms with van der Waals surface area (Å²) >= 11 is -0.246. The Morgan fingerprint density at radius 2 is 1.50 bits per heavy atom. The van der Waals surface area contributed by atoms with Crippen molar-refractivity contribution in [1.82, 2.24) is 4.90 Å². The minimum atomic E-state index is -0.246. The van der Waals surface area contributed by atoms with Crippen LogP contribution in [-0.2, 0) is 6.54 Å². The van der Waals surface area contributed by atoms with Crippen LogP contribution >= 0.6 is 12.4 Å². The molecule has 2 rings (SSSR count). The van der Waals surface area contributed by atoms with E-state index in [9.17, 15) is 0 Å². The molecule has 0 saturated heterocycles. The SMILES string of the molecule is CN(C)Cc1ccccc1[Te]c1ccccc1.Cl. The van der Waals surface area contributed by atoms with Crippen LogP contribution in [0.25, 0.3) is 0 Å². The Labute approximate surface area is 126 Å². The average molecular weight is 375 g/mol. The number of hydrogen-bond donors (Lipinski definition) is 0. The molecule has 1 nitrogen and oxygen atoms in total. The molecule has 0 fully saturated rings. The van der Waals surface area contributed by atoms with E-state index in [4.69, 9.17) is 0 Å². The molecular formula is C15H18ClNTe. The van der Waals surface area contributed by atoms with Crippen LogP contribution in [0.3, 0.4) is 0 Å². The minimum Gasteiger partial charge on any atom is -0.147 e. The third kappa shape index (κ3) is 4.63. The molecule has 18 heavy (non-hydrogen) atoms. The molecule has 96 valence electrons. The molecule has 0 unspecified atom stereocenters. The van der Waals surface area contributed by atoms with Gasteiger partial charge in [-0.2, -0.15) is 0 Å². The molecule has 0 amide bonds. The molecule has 0 aliphatic heterocycles. The van der Waals surface area contributed by atoms with Crippen molar-refractivity contribution in [1.29, 1.82) is 0 Å². The van der Waals surface area contributed by atoms with Gasteiger partial charge in [-0.25, -0.2) is 0 Å². The summed E-state index contributed by atoms with van der Waals surface area (Å²) in [6.45, 7) is 1.04. The summed E-state index contributed by atoms with van der Waals surface area (Å²) in [6, 6.07) is 19.7. The van der Waals surface area contributed by atoms with Crippen molar-refractivity contribution in [2.45, 2.75) is 6.54 Å². The van der Waals surface area contributed by atoms with Gasteiger partial charge in [0.05, 0.1) is 0 Å². The van der Waals surface area contributed by atoms with Crippen molar-refractivity contribution < 1.29 is 0 Å². The summed E-state index contributed by atoms with van der Waals surface area (Å²) in [5, 5.41) is 0. The van der Waals surface area contributed by atoms with Gasteiger partial charge in [0, 0.05) is 0 Å². The number of rotatable bonds is 4. The van der Waals surface area contributed by atoms with Crippen molar-refractivity contribution in [2.24, 2.45) is 0 Å². The predicted octanol–water partition coefficient (Wildman–Crippen LogP) is 1.82.